The first-order valence-electron chi connectivity index (χ1n) is 2.96. The summed E-state index contributed by atoms with van der Waals surface area (Å²) in [6, 6.07) is 0. The minimum absolute atomic E-state index is 0.537. The van der Waals surface area contributed by atoms with Gasteiger partial charge in [-0.05, 0) is 13.1 Å². The van der Waals surface area contributed by atoms with Gasteiger partial charge in [-0.1, -0.05) is 13.8 Å². The molecule has 0 aromatic carbocycles. The lowest BCUT2D eigenvalue weighted by Crippen LogP contribution is -2.41. The monoisotopic (exact) mass is 118 g/mol. The molecule has 0 aromatic heterocycles. The van der Waals surface area contributed by atoms with Gasteiger partial charge in [-0.25, -0.2) is 0 Å². The highest BCUT2D eigenvalue weighted by Crippen LogP contribution is 1.65. The number of rotatable bonds is 4. The van der Waals surface area contributed by atoms with Gasteiger partial charge in [0.05, 0.1) is 0 Å². The van der Waals surface area contributed by atoms with Crippen LogP contribution in [0.4, 0.5) is 0 Å². The summed E-state index contributed by atoms with van der Waals surface area (Å²) in [6.07, 6.45) is -0.537. The van der Waals surface area contributed by atoms with Gasteiger partial charge in [-0.15, -0.1) is 0 Å². The lowest BCUT2D eigenvalue weighted by molar-refractivity contribution is 0.106. The van der Waals surface area contributed by atoms with Gasteiger partial charge in [-0.2, -0.15) is 0 Å². The summed E-state index contributed by atoms with van der Waals surface area (Å²) in [5.74, 6) is 0. The number of hydrogen-bond acceptors (Lipinski definition) is 3. The van der Waals surface area contributed by atoms with Gasteiger partial charge in [-0.3, -0.25) is 10.6 Å². The molecule has 0 saturated heterocycles. The molecule has 0 fully saturated rings. The zero-order valence-corrected chi connectivity index (χ0v) is 5.44. The number of aliphatic hydroxyl groups is 1. The lowest BCUT2D eigenvalue weighted by Gasteiger charge is -2.09. The Balaban J connectivity index is 2.92. The fourth-order valence-electron chi connectivity index (χ4n) is 0.459. The fourth-order valence-corrected chi connectivity index (χ4v) is 0.459. The summed E-state index contributed by atoms with van der Waals surface area (Å²) in [6.45, 7) is 5.46. The molecule has 0 atom stereocenters. The lowest BCUT2D eigenvalue weighted by atomic mass is 10.7. The van der Waals surface area contributed by atoms with Crippen LogP contribution in [0.2, 0.25) is 0 Å². The molecule has 0 heterocycles. The first-order valence-corrected chi connectivity index (χ1v) is 2.96. The Hall–Kier alpha value is -0.120. The summed E-state index contributed by atoms with van der Waals surface area (Å²) in [7, 11) is 0. The maximum Gasteiger partial charge on any atom is 0.160 e. The van der Waals surface area contributed by atoms with Crippen LogP contribution < -0.4 is 10.6 Å². The molecule has 0 radical (unpaired) electrons. The molecule has 0 rings (SSSR count). The molecule has 8 heavy (non-hydrogen) atoms. The largest absolute Gasteiger partial charge is 0.365 e. The summed E-state index contributed by atoms with van der Waals surface area (Å²) in [5.41, 5.74) is 0. The average molecular weight is 118 g/mol. The van der Waals surface area contributed by atoms with Gasteiger partial charge in [0.1, 0.15) is 0 Å². The number of hydrogen-bond donors (Lipinski definition) is 3. The van der Waals surface area contributed by atoms with Crippen molar-refractivity contribution >= 4 is 0 Å². The molecule has 3 nitrogen and oxygen atoms in total. The van der Waals surface area contributed by atoms with Crippen LogP contribution in [0.5, 0.6) is 0 Å². The smallest absolute Gasteiger partial charge is 0.160 e. The van der Waals surface area contributed by atoms with Crippen molar-refractivity contribution in [3.63, 3.8) is 0 Å². The Morgan fingerprint density at radius 1 is 1.25 bits per heavy atom. The van der Waals surface area contributed by atoms with Crippen molar-refractivity contribution in [2.24, 2.45) is 0 Å². The molecule has 0 unspecified atom stereocenters. The van der Waals surface area contributed by atoms with E-state index in [1.807, 2.05) is 13.8 Å². The molecule has 0 aliphatic carbocycles. The van der Waals surface area contributed by atoms with Crippen molar-refractivity contribution in [1.29, 1.82) is 0 Å². The molecule has 0 aromatic rings. The van der Waals surface area contributed by atoms with E-state index in [0.29, 0.717) is 0 Å². The predicted octanol–water partition coefficient (Wildman–Crippen LogP) is -0.519. The van der Waals surface area contributed by atoms with E-state index in [2.05, 4.69) is 10.6 Å². The maximum absolute atomic E-state index is 8.83. The summed E-state index contributed by atoms with van der Waals surface area (Å²) in [5, 5.41) is 14.4. The van der Waals surface area contributed by atoms with E-state index < -0.39 is 6.35 Å². The molecule has 0 aliphatic heterocycles. The van der Waals surface area contributed by atoms with Crippen LogP contribution in [0.25, 0.3) is 0 Å². The van der Waals surface area contributed by atoms with E-state index in [0.717, 1.165) is 13.1 Å². The van der Waals surface area contributed by atoms with Crippen molar-refractivity contribution in [3.8, 4) is 0 Å². The number of nitrogens with one attached hydrogen (secondary N) is 2. The number of aliphatic hydroxyl groups excluding tert-OH is 1. The van der Waals surface area contributed by atoms with Gasteiger partial charge in [0.15, 0.2) is 6.35 Å². The van der Waals surface area contributed by atoms with E-state index in [-0.39, 0.29) is 0 Å². The molecule has 0 bridgehead atoms. The fraction of sp³-hybridized carbons (Fsp3) is 1.00. The van der Waals surface area contributed by atoms with Crippen molar-refractivity contribution in [2.45, 2.75) is 20.2 Å². The van der Waals surface area contributed by atoms with E-state index in [4.69, 9.17) is 5.11 Å². The second-order valence-electron chi connectivity index (χ2n) is 1.52. The summed E-state index contributed by atoms with van der Waals surface area (Å²) < 4.78 is 0. The predicted molar refractivity (Wildman–Crippen MR) is 33.4 cm³/mol. The molecular weight excluding hydrogens is 104 g/mol. The highest BCUT2D eigenvalue weighted by Gasteiger charge is 1.93. The Morgan fingerprint density at radius 2 is 1.62 bits per heavy atom. The standard InChI is InChI=1S/C5H14N2O/c1-3-6-5(8)7-4-2/h5-8H,3-4H2,1-2H3. The van der Waals surface area contributed by atoms with Crippen LogP contribution in [0.15, 0.2) is 0 Å². The van der Waals surface area contributed by atoms with E-state index in [1.54, 1.807) is 0 Å². The first kappa shape index (κ1) is 7.88. The van der Waals surface area contributed by atoms with Crippen LogP contribution in [-0.2, 0) is 0 Å². The van der Waals surface area contributed by atoms with Gasteiger partial charge in [0, 0.05) is 0 Å². The van der Waals surface area contributed by atoms with Gasteiger partial charge >= 0.3 is 0 Å². The average Bonchev–Trinajstić information content (AvgIpc) is 1.68. The van der Waals surface area contributed by atoms with Crippen LogP contribution in [-0.4, -0.2) is 24.5 Å². The quantitative estimate of drug-likeness (QED) is 0.435. The van der Waals surface area contributed by atoms with Gasteiger partial charge < -0.3 is 5.11 Å². The zero-order valence-electron chi connectivity index (χ0n) is 5.44. The minimum Gasteiger partial charge on any atom is -0.365 e. The van der Waals surface area contributed by atoms with Crippen LogP contribution in [0, 0.1) is 0 Å². The zero-order chi connectivity index (χ0) is 6.41. The Bertz CT molecular complexity index is 43.7. The molecule has 0 aliphatic rings. The van der Waals surface area contributed by atoms with Crippen molar-refractivity contribution in [1.82, 2.24) is 10.6 Å². The maximum atomic E-state index is 8.83. The summed E-state index contributed by atoms with van der Waals surface area (Å²) >= 11 is 0. The Labute approximate surface area is 50.1 Å². The van der Waals surface area contributed by atoms with Gasteiger partial charge in [0.25, 0.3) is 0 Å². The van der Waals surface area contributed by atoms with Crippen molar-refractivity contribution in [3.05, 3.63) is 0 Å². The van der Waals surface area contributed by atoms with E-state index in [9.17, 15) is 0 Å². The molecule has 50 valence electrons. The van der Waals surface area contributed by atoms with Crippen LogP contribution >= 0.6 is 0 Å². The SMILES string of the molecule is CCNC(O)NCC. The molecule has 3 N–H and O–H groups in total. The Morgan fingerprint density at radius 3 is 1.88 bits per heavy atom. The normalized spacial score (nSPS) is 10.5. The highest BCUT2D eigenvalue weighted by molar-refractivity contribution is 4.44. The molecular formula is C5H14N2O. The third-order valence-corrected chi connectivity index (χ3v) is 0.795. The van der Waals surface area contributed by atoms with Crippen molar-refractivity contribution in [2.75, 3.05) is 13.1 Å². The summed E-state index contributed by atoms with van der Waals surface area (Å²) in [4.78, 5) is 0. The van der Waals surface area contributed by atoms with Crippen molar-refractivity contribution < 1.29 is 5.11 Å². The Kier molecular flexibility index (Phi) is 4.95. The van der Waals surface area contributed by atoms with Crippen LogP contribution in [0.3, 0.4) is 0 Å². The third-order valence-electron chi connectivity index (χ3n) is 0.795. The van der Waals surface area contributed by atoms with Gasteiger partial charge in [0.2, 0.25) is 0 Å². The minimum atomic E-state index is -0.537. The second kappa shape index (κ2) is 5.03. The topological polar surface area (TPSA) is 44.3 Å². The molecule has 0 spiro atoms. The highest BCUT2D eigenvalue weighted by atomic mass is 16.3. The third kappa shape index (κ3) is 4.05. The molecule has 3 heteroatoms. The van der Waals surface area contributed by atoms with E-state index in [1.165, 1.54) is 0 Å². The first-order chi connectivity index (χ1) is 3.81. The second-order valence-corrected chi connectivity index (χ2v) is 1.52. The van der Waals surface area contributed by atoms with E-state index >= 15 is 0 Å². The van der Waals surface area contributed by atoms with Crippen LogP contribution in [0.1, 0.15) is 13.8 Å². The molecule has 0 saturated carbocycles. The molecule has 0 amide bonds.